The first-order valence-electron chi connectivity index (χ1n) is 27.3. The molecule has 3 aromatic rings. The average Bonchev–Trinajstić information content (AvgIpc) is 3.71. The molecule has 1 aliphatic rings. The molecule has 1 fully saturated rings. The highest BCUT2D eigenvalue weighted by Crippen LogP contribution is 2.29. The minimum atomic E-state index is 0.0386. The predicted molar refractivity (Wildman–Crippen MR) is 277 cm³/mol. The molecule has 0 saturated carbocycles. The highest BCUT2D eigenvalue weighted by atomic mass is 16.1. The van der Waals surface area contributed by atoms with Gasteiger partial charge in [0.05, 0.1) is 17.4 Å². The van der Waals surface area contributed by atoms with Gasteiger partial charge in [-0.2, -0.15) is 0 Å². The summed E-state index contributed by atoms with van der Waals surface area (Å²) in [4.78, 5) is 33.6. The number of carbonyl (C=O) groups is 1. The van der Waals surface area contributed by atoms with Crippen molar-refractivity contribution in [2.24, 2.45) is 5.92 Å². The maximum atomic E-state index is 13.3. The Hall–Kier alpha value is -2.59. The van der Waals surface area contributed by atoms with Gasteiger partial charge >= 0.3 is 0 Å². The van der Waals surface area contributed by atoms with E-state index in [4.69, 9.17) is 9.97 Å². The van der Waals surface area contributed by atoms with Gasteiger partial charge < -0.3 is 29.5 Å². The summed E-state index contributed by atoms with van der Waals surface area (Å²) in [6.07, 6.45) is 36.1. The molecule has 0 aliphatic carbocycles. The van der Waals surface area contributed by atoms with Crippen LogP contribution in [0.15, 0.2) is 30.6 Å². The van der Waals surface area contributed by atoms with Gasteiger partial charge in [0, 0.05) is 44.5 Å². The van der Waals surface area contributed by atoms with E-state index >= 15 is 0 Å². The summed E-state index contributed by atoms with van der Waals surface area (Å²) in [6, 6.07) is 8.20. The highest BCUT2D eigenvalue weighted by Gasteiger charge is 2.18. The van der Waals surface area contributed by atoms with Gasteiger partial charge in [-0.3, -0.25) is 4.79 Å². The number of piperazine rings is 1. The quantitative estimate of drug-likeness (QED) is 0.0572. The molecular weight excluding hydrogens is 789 g/mol. The fraction of sp³-hybridized carbons (Fsp3) is 0.800. The maximum absolute atomic E-state index is 13.3. The van der Waals surface area contributed by atoms with E-state index in [1.807, 2.05) is 18.5 Å². The standard InChI is InChI=1S/C55H98N8O/c1-6-8-10-12-14-16-18-20-22-28-36-59(5)37-31-40-61-43-45-62(46-44-61)42-32-41-60(38-29-23-21-19-17-15-13-11-9-7-2)39-30-24-25-35-52(64)58-55-53-54(63(48-56-53)47-49(3)4)50-33-26-27-34-51(50)57-55/h26-27,33-34,48-49H,6-25,28-32,35-47H2,1-5H3,(H,57,58,64). The number of para-hydroxylation sites is 1. The number of rotatable bonds is 39. The molecule has 1 saturated heterocycles. The number of nitrogens with one attached hydrogen (secondary N) is 1. The number of benzene rings is 1. The molecule has 0 bridgehead atoms. The summed E-state index contributed by atoms with van der Waals surface area (Å²) in [5, 5.41) is 4.23. The molecule has 1 aliphatic heterocycles. The second-order valence-corrected chi connectivity index (χ2v) is 20.2. The normalized spacial score (nSPS) is 14.1. The summed E-state index contributed by atoms with van der Waals surface area (Å²) >= 11 is 0. The molecular formula is C55H98N8O. The van der Waals surface area contributed by atoms with Crippen molar-refractivity contribution in [2.75, 3.05) is 84.4 Å². The fourth-order valence-electron chi connectivity index (χ4n) is 9.85. The topological polar surface area (TPSA) is 72.8 Å². The zero-order chi connectivity index (χ0) is 45.5. The van der Waals surface area contributed by atoms with Gasteiger partial charge in [0.2, 0.25) is 5.91 Å². The molecule has 9 nitrogen and oxygen atoms in total. The molecule has 64 heavy (non-hydrogen) atoms. The molecule has 1 N–H and O–H groups in total. The average molecular weight is 887 g/mol. The van der Waals surface area contributed by atoms with Gasteiger partial charge in [-0.25, -0.2) is 9.97 Å². The Bertz CT molecular complexity index is 1620. The SMILES string of the molecule is CCCCCCCCCCCCN(C)CCCN1CCN(CCCN(CCCCCCCCCCCC)CCCCCC(=O)Nc2nc3ccccc3c3c2ncn3CC(C)C)CC1. The lowest BCUT2D eigenvalue weighted by Gasteiger charge is -2.35. The third kappa shape index (κ3) is 22.3. The first-order valence-corrected chi connectivity index (χ1v) is 27.3. The van der Waals surface area contributed by atoms with Crippen LogP contribution in [0.5, 0.6) is 0 Å². The van der Waals surface area contributed by atoms with Crippen LogP contribution in [-0.4, -0.2) is 119 Å². The van der Waals surface area contributed by atoms with Crippen LogP contribution in [-0.2, 0) is 11.3 Å². The third-order valence-electron chi connectivity index (χ3n) is 13.8. The van der Waals surface area contributed by atoms with Crippen LogP contribution in [0.1, 0.15) is 195 Å². The summed E-state index contributed by atoms with van der Waals surface area (Å²) in [6.45, 7) is 23.3. The highest BCUT2D eigenvalue weighted by molar-refractivity contribution is 6.09. The van der Waals surface area contributed by atoms with Gasteiger partial charge in [0.15, 0.2) is 5.82 Å². The lowest BCUT2D eigenvalue weighted by Crippen LogP contribution is -2.47. The second-order valence-electron chi connectivity index (χ2n) is 20.2. The number of aromatic nitrogens is 3. The Labute approximate surface area is 393 Å². The van der Waals surface area contributed by atoms with Crippen LogP contribution < -0.4 is 5.32 Å². The van der Waals surface area contributed by atoms with Crippen molar-refractivity contribution in [3.05, 3.63) is 30.6 Å². The van der Waals surface area contributed by atoms with Crippen molar-refractivity contribution in [2.45, 2.75) is 201 Å². The largest absolute Gasteiger partial charge is 0.330 e. The van der Waals surface area contributed by atoms with E-state index < -0.39 is 0 Å². The molecule has 9 heteroatoms. The smallest absolute Gasteiger partial charge is 0.225 e. The Morgan fingerprint density at radius 1 is 0.625 bits per heavy atom. The van der Waals surface area contributed by atoms with Crippen molar-refractivity contribution in [3.63, 3.8) is 0 Å². The third-order valence-corrected chi connectivity index (χ3v) is 13.8. The number of hydrogen-bond donors (Lipinski definition) is 1. The van der Waals surface area contributed by atoms with E-state index in [0.29, 0.717) is 18.2 Å². The fourth-order valence-corrected chi connectivity index (χ4v) is 9.85. The van der Waals surface area contributed by atoms with Crippen molar-refractivity contribution >= 4 is 33.7 Å². The Morgan fingerprint density at radius 2 is 1.09 bits per heavy atom. The number of unbranched alkanes of at least 4 members (excludes halogenated alkanes) is 20. The molecule has 3 heterocycles. The summed E-state index contributed by atoms with van der Waals surface area (Å²) in [7, 11) is 2.33. The van der Waals surface area contributed by atoms with Gasteiger partial charge in [-0.1, -0.05) is 168 Å². The molecule has 1 aromatic carbocycles. The van der Waals surface area contributed by atoms with Crippen LogP contribution in [0.2, 0.25) is 0 Å². The molecule has 2 aromatic heterocycles. The zero-order valence-electron chi connectivity index (χ0n) is 42.4. The van der Waals surface area contributed by atoms with E-state index in [-0.39, 0.29) is 5.91 Å². The van der Waals surface area contributed by atoms with E-state index in [1.165, 1.54) is 207 Å². The van der Waals surface area contributed by atoms with Crippen molar-refractivity contribution < 1.29 is 4.79 Å². The van der Waals surface area contributed by atoms with Crippen LogP contribution in [0, 0.1) is 5.92 Å². The summed E-state index contributed by atoms with van der Waals surface area (Å²) < 4.78 is 2.21. The molecule has 0 radical (unpaired) electrons. The molecule has 4 rings (SSSR count). The lowest BCUT2D eigenvalue weighted by atomic mass is 10.1. The Kier molecular flexibility index (Phi) is 28.5. The van der Waals surface area contributed by atoms with Gasteiger partial charge in [0.1, 0.15) is 5.52 Å². The van der Waals surface area contributed by atoms with Crippen LogP contribution >= 0.6 is 0 Å². The van der Waals surface area contributed by atoms with E-state index in [0.717, 1.165) is 54.3 Å². The van der Waals surface area contributed by atoms with Crippen LogP contribution in [0.3, 0.4) is 0 Å². The number of carbonyl (C=O) groups excluding carboxylic acids is 1. The molecule has 364 valence electrons. The maximum Gasteiger partial charge on any atom is 0.225 e. The van der Waals surface area contributed by atoms with E-state index in [1.54, 1.807) is 0 Å². The molecule has 0 spiro atoms. The van der Waals surface area contributed by atoms with E-state index in [9.17, 15) is 4.79 Å². The number of imidazole rings is 1. The second kappa shape index (κ2) is 33.8. The number of anilines is 1. The van der Waals surface area contributed by atoms with Crippen LogP contribution in [0.4, 0.5) is 5.82 Å². The number of nitrogens with zero attached hydrogens (tertiary/aromatic N) is 7. The van der Waals surface area contributed by atoms with Crippen molar-refractivity contribution in [3.8, 4) is 0 Å². The molecule has 0 unspecified atom stereocenters. The van der Waals surface area contributed by atoms with Crippen molar-refractivity contribution in [1.82, 2.24) is 34.1 Å². The monoisotopic (exact) mass is 887 g/mol. The van der Waals surface area contributed by atoms with Gasteiger partial charge in [-0.05, 0) is 103 Å². The zero-order valence-corrected chi connectivity index (χ0v) is 42.4. The van der Waals surface area contributed by atoms with Gasteiger partial charge in [-0.15, -0.1) is 0 Å². The number of hydrogen-bond acceptors (Lipinski definition) is 7. The number of amides is 1. The van der Waals surface area contributed by atoms with Gasteiger partial charge in [0.25, 0.3) is 0 Å². The summed E-state index contributed by atoms with van der Waals surface area (Å²) in [5.74, 6) is 1.12. The molecule has 1 amide bonds. The van der Waals surface area contributed by atoms with Crippen molar-refractivity contribution in [1.29, 1.82) is 0 Å². The van der Waals surface area contributed by atoms with E-state index in [2.05, 4.69) is 76.4 Å². The Morgan fingerprint density at radius 3 is 1.66 bits per heavy atom. The number of pyridine rings is 1. The predicted octanol–water partition coefficient (Wildman–Crippen LogP) is 13.2. The Balaban J connectivity index is 1.11. The summed E-state index contributed by atoms with van der Waals surface area (Å²) in [5.41, 5.74) is 2.73. The minimum absolute atomic E-state index is 0.0386. The first kappa shape index (κ1) is 54.0. The minimum Gasteiger partial charge on any atom is -0.330 e. The first-order chi connectivity index (χ1) is 31.4. The number of fused-ring (bicyclic) bond motifs is 3. The van der Waals surface area contributed by atoms with Crippen LogP contribution in [0.25, 0.3) is 21.9 Å². The molecule has 0 atom stereocenters. The lowest BCUT2D eigenvalue weighted by molar-refractivity contribution is -0.116.